The van der Waals surface area contributed by atoms with Crippen molar-refractivity contribution in [2.45, 2.75) is 6.61 Å². The molecule has 2 aromatic rings. The van der Waals surface area contributed by atoms with Gasteiger partial charge in [0.25, 0.3) is 6.33 Å². The normalized spacial score (nSPS) is 10.6. The lowest BCUT2D eigenvalue weighted by Crippen LogP contribution is -2.31. The van der Waals surface area contributed by atoms with Crippen LogP contribution < -0.4 is 14.0 Å². The fraction of sp³-hybridized carbons (Fsp3) is 0.455. The van der Waals surface area contributed by atoms with Crippen molar-refractivity contribution in [2.75, 3.05) is 14.2 Å². The van der Waals surface area contributed by atoms with Crippen LogP contribution in [0.25, 0.3) is 11.4 Å². The molecule has 0 amide bonds. The molecule has 2 aromatic heterocycles. The first-order chi connectivity index (χ1) is 9.12. The first-order valence-electron chi connectivity index (χ1n) is 5.60. The van der Waals surface area contributed by atoms with Crippen LogP contribution in [-0.4, -0.2) is 39.1 Å². The number of hydrogen-bond donors (Lipinski definition) is 1. The van der Waals surface area contributed by atoms with Crippen molar-refractivity contribution in [3.8, 4) is 23.1 Å². The van der Waals surface area contributed by atoms with Crippen molar-refractivity contribution < 1.29 is 19.1 Å². The highest BCUT2D eigenvalue weighted by atomic mass is 16.5. The summed E-state index contributed by atoms with van der Waals surface area (Å²) in [6.45, 7) is -0.194. The second-order valence-corrected chi connectivity index (χ2v) is 3.88. The molecule has 0 saturated carbocycles. The molecule has 0 radical (unpaired) electrons. The van der Waals surface area contributed by atoms with Crippen LogP contribution in [-0.2, 0) is 20.7 Å². The molecule has 2 heterocycles. The van der Waals surface area contributed by atoms with E-state index in [1.54, 1.807) is 32.1 Å². The molecule has 0 aliphatic carbocycles. The minimum absolute atomic E-state index is 0.194. The van der Waals surface area contributed by atoms with Gasteiger partial charge in [-0.05, 0) is 4.98 Å². The third-order valence-corrected chi connectivity index (χ3v) is 2.70. The number of nitrogens with zero attached hydrogens (tertiary/aromatic N) is 5. The van der Waals surface area contributed by atoms with E-state index in [1.165, 1.54) is 11.8 Å². The topological polar surface area (TPSA) is 86.2 Å². The van der Waals surface area contributed by atoms with Crippen molar-refractivity contribution in [2.24, 2.45) is 14.1 Å². The highest BCUT2D eigenvalue weighted by Crippen LogP contribution is 2.31. The second kappa shape index (κ2) is 5.19. The van der Waals surface area contributed by atoms with Crippen molar-refractivity contribution in [1.82, 2.24) is 19.7 Å². The van der Waals surface area contributed by atoms with E-state index in [4.69, 9.17) is 9.47 Å². The molecule has 0 atom stereocenters. The quantitative estimate of drug-likeness (QED) is 0.730. The van der Waals surface area contributed by atoms with Gasteiger partial charge in [-0.15, -0.1) is 0 Å². The maximum absolute atomic E-state index is 9.18. The molecule has 0 aliphatic heterocycles. The van der Waals surface area contributed by atoms with Crippen LogP contribution in [0.2, 0.25) is 0 Å². The second-order valence-electron chi connectivity index (χ2n) is 3.88. The van der Waals surface area contributed by atoms with Crippen LogP contribution in [0.15, 0.2) is 6.33 Å². The predicted octanol–water partition coefficient (Wildman–Crippen LogP) is -0.789. The predicted molar refractivity (Wildman–Crippen MR) is 64.4 cm³/mol. The van der Waals surface area contributed by atoms with E-state index >= 15 is 0 Å². The number of aliphatic hydroxyl groups is 1. The number of aryl methyl sites for hydroxylation is 2. The van der Waals surface area contributed by atoms with E-state index in [9.17, 15) is 5.11 Å². The van der Waals surface area contributed by atoms with Crippen molar-refractivity contribution >= 4 is 0 Å². The Morgan fingerprint density at radius 2 is 2.11 bits per heavy atom. The first-order valence-corrected chi connectivity index (χ1v) is 5.60. The Labute approximate surface area is 110 Å². The van der Waals surface area contributed by atoms with Gasteiger partial charge in [-0.3, -0.25) is 4.68 Å². The van der Waals surface area contributed by atoms with Crippen molar-refractivity contribution in [1.29, 1.82) is 0 Å². The van der Waals surface area contributed by atoms with Gasteiger partial charge in [-0.2, -0.15) is 5.10 Å². The van der Waals surface area contributed by atoms with Crippen LogP contribution in [0.4, 0.5) is 0 Å². The molecule has 0 spiro atoms. The lowest BCUT2D eigenvalue weighted by Gasteiger charge is -2.06. The first kappa shape index (κ1) is 13.2. The lowest BCUT2D eigenvalue weighted by atomic mass is 10.3. The van der Waals surface area contributed by atoms with Crippen molar-refractivity contribution in [3.05, 3.63) is 12.2 Å². The number of hydrogen-bond acceptors (Lipinski definition) is 6. The molecule has 0 fully saturated rings. The molecule has 8 nitrogen and oxygen atoms in total. The van der Waals surface area contributed by atoms with E-state index in [0.717, 1.165) is 0 Å². The fourth-order valence-electron chi connectivity index (χ4n) is 1.78. The Hall–Kier alpha value is -2.22. The fourth-order valence-corrected chi connectivity index (χ4v) is 1.78. The number of ether oxygens (including phenoxy) is 2. The Balaban J connectivity index is 2.67. The molecular formula is C11H16N5O3+. The van der Waals surface area contributed by atoms with Crippen LogP contribution >= 0.6 is 0 Å². The summed E-state index contributed by atoms with van der Waals surface area (Å²) in [5.41, 5.74) is 0.547. The number of rotatable bonds is 4. The summed E-state index contributed by atoms with van der Waals surface area (Å²) >= 11 is 0. The van der Waals surface area contributed by atoms with Gasteiger partial charge in [-0.1, -0.05) is 0 Å². The van der Waals surface area contributed by atoms with Gasteiger partial charge < -0.3 is 14.6 Å². The molecule has 8 heteroatoms. The summed E-state index contributed by atoms with van der Waals surface area (Å²) in [6.07, 6.45) is 1.58. The minimum Gasteiger partial charge on any atom is -0.465 e. The summed E-state index contributed by atoms with van der Waals surface area (Å²) in [7, 11) is 6.57. The van der Waals surface area contributed by atoms with Crippen LogP contribution in [0.5, 0.6) is 11.8 Å². The zero-order valence-corrected chi connectivity index (χ0v) is 11.3. The Morgan fingerprint density at radius 3 is 2.63 bits per heavy atom. The summed E-state index contributed by atoms with van der Waals surface area (Å²) < 4.78 is 13.8. The largest absolute Gasteiger partial charge is 0.465 e. The highest BCUT2D eigenvalue weighted by Gasteiger charge is 2.27. The van der Waals surface area contributed by atoms with E-state index < -0.39 is 0 Å². The highest BCUT2D eigenvalue weighted by molar-refractivity contribution is 5.65. The summed E-state index contributed by atoms with van der Waals surface area (Å²) in [6, 6.07) is 0. The number of methoxy groups -OCH3 is 2. The standard InChI is InChI=1S/C11H16N5O3/c1-15-6-12-10(18-3)8(11(15)19-4)9-13-7(5-17)16(2)14-9/h6,17H,5H2,1-4H3/q+1. The molecule has 2 rings (SSSR count). The Bertz CT molecular complexity index is 596. The number of aromatic nitrogens is 5. The number of aliphatic hydroxyl groups excluding tert-OH is 1. The molecule has 0 aromatic carbocycles. The Kier molecular flexibility index (Phi) is 3.61. The molecule has 102 valence electrons. The summed E-state index contributed by atoms with van der Waals surface area (Å²) in [4.78, 5) is 8.40. The molecule has 0 bridgehead atoms. The summed E-state index contributed by atoms with van der Waals surface area (Å²) in [5.74, 6) is 1.74. The maximum atomic E-state index is 9.18. The van der Waals surface area contributed by atoms with Gasteiger partial charge in [0.05, 0.1) is 21.3 Å². The van der Waals surface area contributed by atoms with E-state index in [1.807, 2.05) is 0 Å². The SMILES string of the molecule is COc1nc[n+](C)c(OC)c1-c1nc(CO)n(C)n1. The average Bonchev–Trinajstić information content (AvgIpc) is 2.79. The van der Waals surface area contributed by atoms with Gasteiger partial charge in [-0.25, -0.2) is 9.55 Å². The maximum Gasteiger partial charge on any atom is 0.346 e. The summed E-state index contributed by atoms with van der Waals surface area (Å²) in [5, 5.41) is 13.4. The van der Waals surface area contributed by atoms with Crippen LogP contribution in [0.3, 0.4) is 0 Å². The molecule has 1 N–H and O–H groups in total. The minimum atomic E-state index is -0.194. The van der Waals surface area contributed by atoms with E-state index in [-0.39, 0.29) is 6.61 Å². The third-order valence-electron chi connectivity index (χ3n) is 2.70. The van der Waals surface area contributed by atoms with Gasteiger partial charge in [0.2, 0.25) is 0 Å². The third kappa shape index (κ3) is 2.22. The van der Waals surface area contributed by atoms with E-state index in [2.05, 4.69) is 15.1 Å². The molecular weight excluding hydrogens is 250 g/mol. The van der Waals surface area contributed by atoms with Gasteiger partial charge in [0, 0.05) is 7.05 Å². The zero-order valence-electron chi connectivity index (χ0n) is 11.3. The van der Waals surface area contributed by atoms with Gasteiger partial charge >= 0.3 is 11.8 Å². The van der Waals surface area contributed by atoms with Gasteiger partial charge in [0.1, 0.15) is 6.61 Å². The van der Waals surface area contributed by atoms with Gasteiger partial charge in [0.15, 0.2) is 17.2 Å². The lowest BCUT2D eigenvalue weighted by molar-refractivity contribution is -0.679. The molecule has 0 saturated heterocycles. The zero-order chi connectivity index (χ0) is 14.0. The van der Waals surface area contributed by atoms with Crippen LogP contribution in [0.1, 0.15) is 5.82 Å². The average molecular weight is 266 g/mol. The van der Waals surface area contributed by atoms with Crippen LogP contribution in [0, 0.1) is 0 Å². The smallest absolute Gasteiger partial charge is 0.346 e. The monoisotopic (exact) mass is 266 g/mol. The molecule has 0 unspecified atom stereocenters. The van der Waals surface area contributed by atoms with Crippen molar-refractivity contribution in [3.63, 3.8) is 0 Å². The molecule has 0 aliphatic rings. The Morgan fingerprint density at radius 1 is 1.37 bits per heavy atom. The van der Waals surface area contributed by atoms with E-state index in [0.29, 0.717) is 29.0 Å². The molecule has 19 heavy (non-hydrogen) atoms.